The highest BCUT2D eigenvalue weighted by atomic mass is 32.2. The van der Waals surface area contributed by atoms with Crippen LogP contribution in [-0.2, 0) is 197 Å². The summed E-state index contributed by atoms with van der Waals surface area (Å²) in [7, 11) is -41.5. The third-order valence-corrected chi connectivity index (χ3v) is 32.3. The average Bonchev–Trinajstić information content (AvgIpc) is 1.55. The summed E-state index contributed by atoms with van der Waals surface area (Å²) in [5, 5.41) is 43.0. The summed E-state index contributed by atoms with van der Waals surface area (Å²) in [6.45, 7) is -8.85. The van der Waals surface area contributed by atoms with Crippen LogP contribution in [0.5, 0.6) is 11.5 Å². The summed E-state index contributed by atoms with van der Waals surface area (Å²) in [4.78, 5) is 192. The number of nitrogens with one attached hydrogen (secondary N) is 5. The van der Waals surface area contributed by atoms with Gasteiger partial charge in [0.25, 0.3) is 11.8 Å². The van der Waals surface area contributed by atoms with Crippen LogP contribution in [0.2, 0.25) is 0 Å². The number of rotatable bonds is 67. The standard InChI is InChI=1S/C81H113N5O48P8S/c87-31-11-33-123-140(107,108)132-63-26-42-114-70(63)50-127-142(111,112)133-64-27-43-113-69(64)49-125-138(103,104)121-39-13-36-119-137(101,102)120-38-15-41-124-141(109,110)134-68-48-65(128-71(68)51-126-139(105,106)122-40-14-37-118-136(99,100)117-35-12-34-116-135(97,98)115-32-10-4-3-8-28-82-73(90)17-6-5-16-72-75-62(52-143-72)85-80(96)130-75)58-44-53(77(93)86-78(58)94)19-25-74(91)83-29-7-1-2-9-30-84-76(92)54-18-22-57-61(45-54)81(131-79(57)95)59-23-20-55(88)46-66(59)129-67-47-56(89)21-24-60(67)81/h18-25,44-47,58-59,62-66,68-72,75,87-89H,1-17,26-43,48-52H2,(H,82,90)(H,83,91)(H,84,92)(H,85,96)(H,86,93,94)/b25-19+. The maximum atomic E-state index is 13.6. The number of unbranched alkanes of at least 4 members (excludes halogenated alkanes) is 7. The average molecular weight is 2200 g/mol. The van der Waals surface area contributed by atoms with Gasteiger partial charge in [-0.2, -0.15) is 11.8 Å². The molecule has 1 aliphatic carbocycles. The number of alkyl carbamates (subject to hydrolysis) is 1. The molecular weight excluding hydrogens is 2090 g/mol. The number of carbonyl (C=O) groups excluding carboxylic acids is 7. The molecule has 6 amide bonds. The monoisotopic (exact) mass is 2200 g/mol. The van der Waals surface area contributed by atoms with Crippen LogP contribution in [0.4, 0.5) is 4.79 Å². The second-order valence-corrected chi connectivity index (χ2v) is 45.9. The van der Waals surface area contributed by atoms with Crippen molar-refractivity contribution in [3.8, 4) is 11.5 Å². The maximum absolute atomic E-state index is 13.6. The molecule has 5 fully saturated rings. The minimum absolute atomic E-state index is 0.0104. The molecule has 8 N–H and O–H groups in total. The molecule has 796 valence electrons. The lowest BCUT2D eigenvalue weighted by molar-refractivity contribution is -0.135. The highest BCUT2D eigenvalue weighted by Crippen LogP contribution is 2.59. The van der Waals surface area contributed by atoms with Gasteiger partial charge in [0.1, 0.15) is 66.1 Å². The summed E-state index contributed by atoms with van der Waals surface area (Å²) >= 11 is 1.75. The van der Waals surface area contributed by atoms with Crippen LogP contribution in [0.3, 0.4) is 0 Å². The van der Waals surface area contributed by atoms with Crippen molar-refractivity contribution in [2.24, 2.45) is 11.8 Å². The van der Waals surface area contributed by atoms with Crippen LogP contribution in [0.25, 0.3) is 0 Å². The van der Waals surface area contributed by atoms with Gasteiger partial charge >= 0.3 is 74.6 Å². The minimum atomic E-state index is -5.59. The number of fused-ring (bicyclic) bond motifs is 7. The predicted molar refractivity (Wildman–Crippen MR) is 480 cm³/mol. The number of phenols is 1. The van der Waals surface area contributed by atoms with E-state index in [0.29, 0.717) is 81.9 Å². The first-order valence-electron chi connectivity index (χ1n) is 46.0. The van der Waals surface area contributed by atoms with E-state index < -0.39 is 263 Å². The molecule has 8 aliphatic heterocycles. The number of hydrogen-bond donors (Lipinski definition) is 8. The predicted octanol–water partition coefficient (Wildman–Crippen LogP) is 11.5. The Morgan fingerprint density at radius 3 is 1.60 bits per heavy atom. The van der Waals surface area contributed by atoms with Gasteiger partial charge in [-0.1, -0.05) is 44.3 Å². The van der Waals surface area contributed by atoms with Gasteiger partial charge in [-0.05, 0) is 119 Å². The molecule has 8 heterocycles. The highest BCUT2D eigenvalue weighted by Gasteiger charge is 2.59. The van der Waals surface area contributed by atoms with Crippen molar-refractivity contribution in [2.75, 3.05) is 131 Å². The zero-order chi connectivity index (χ0) is 103. The first kappa shape index (κ1) is 117. The lowest BCUT2D eigenvalue weighted by atomic mass is 9.70. The number of aromatic hydroxyl groups is 1. The molecule has 8 radical (unpaired) electrons. The largest absolute Gasteiger partial charge is 0.508 e. The summed E-state index contributed by atoms with van der Waals surface area (Å²) in [6.07, 6.45) is 0.928. The van der Waals surface area contributed by atoms with Crippen LogP contribution in [0, 0.1) is 11.8 Å². The van der Waals surface area contributed by atoms with Gasteiger partial charge in [0, 0.05) is 111 Å². The molecule has 0 saturated carbocycles. The van der Waals surface area contributed by atoms with Crippen LogP contribution in [0.15, 0.2) is 84.2 Å². The van der Waals surface area contributed by atoms with Gasteiger partial charge in [0.2, 0.25) is 17.7 Å². The Bertz CT molecular complexity index is 5220. The molecule has 2 aromatic carbocycles. The molecular formula is C81H113N5O48P8S. The normalized spacial score (nSPS) is 27.2. The number of aliphatic hydroxyl groups is 2. The molecule has 62 heteroatoms. The number of ether oxygens (including phenoxy) is 6. The topological polar surface area (TPSA) is 739 Å². The van der Waals surface area contributed by atoms with Crippen molar-refractivity contribution in [2.45, 2.75) is 200 Å². The fourth-order valence-corrected chi connectivity index (χ4v) is 24.3. The Hall–Kier alpha value is -5.84. The molecule has 2 aromatic rings. The SMILES string of the molecule is [O]P(=O)(OCCCCCCNC(=O)CCCCC1SCC2NC(=O)OC21)OCCCOP([O])(=O)OCCCOP([O])(=O)OCC1OC(C2C=C(/C=C/C(=O)NCCCCCCNC(=O)c3ccc4c(c3)C3(OC4=O)c4ccc(O)cc4OC4C=C(O)C=CC43)C(=O)NC2=O)CC1OP([O])(=O)OCCCOP([O])(=O)OCCCOP([O])(=O)OCC1OCCC1OP([O])(=O)OCC1OCCC1OP([O])(=O)OCCCO. The Kier molecular flexibility index (Phi) is 45.4. The molecule has 22 atom stereocenters. The first-order valence-corrected chi connectivity index (χ1v) is 58.7. The number of benzene rings is 2. The van der Waals surface area contributed by atoms with E-state index in [1.165, 1.54) is 36.4 Å². The number of esters is 1. The molecule has 0 aromatic heterocycles. The van der Waals surface area contributed by atoms with Crippen LogP contribution in [0.1, 0.15) is 160 Å². The number of imide groups is 1. The Morgan fingerprint density at radius 1 is 0.524 bits per heavy atom. The van der Waals surface area contributed by atoms with E-state index in [2.05, 4.69) is 31.1 Å². The Labute approximate surface area is 824 Å². The van der Waals surface area contributed by atoms with Gasteiger partial charge in [0.05, 0.1) is 115 Å². The van der Waals surface area contributed by atoms with Gasteiger partial charge < -0.3 is 65.0 Å². The lowest BCUT2D eigenvalue weighted by Crippen LogP contribution is -2.48. The number of thioether (sulfide) groups is 1. The maximum Gasteiger partial charge on any atom is 0.503 e. The molecule has 11 rings (SSSR count). The van der Waals surface area contributed by atoms with Crippen molar-refractivity contribution in [1.82, 2.24) is 26.6 Å². The van der Waals surface area contributed by atoms with Crippen molar-refractivity contribution in [3.05, 3.63) is 106 Å². The van der Waals surface area contributed by atoms with Crippen molar-refractivity contribution >= 4 is 116 Å². The Morgan fingerprint density at radius 2 is 1.03 bits per heavy atom. The number of allylic oxidation sites excluding steroid dienone is 1. The molecule has 5 saturated heterocycles. The zero-order valence-corrected chi connectivity index (χ0v) is 84.9. The molecule has 143 heavy (non-hydrogen) atoms. The van der Waals surface area contributed by atoms with Crippen molar-refractivity contribution in [3.63, 3.8) is 0 Å². The summed E-state index contributed by atoms with van der Waals surface area (Å²) in [6, 6.07) is 8.95. The molecule has 9 aliphatic rings. The second kappa shape index (κ2) is 55.3. The van der Waals surface area contributed by atoms with Gasteiger partial charge in [-0.15, -0.1) is 39.1 Å². The van der Waals surface area contributed by atoms with Crippen molar-refractivity contribution in [1.29, 1.82) is 0 Å². The summed E-state index contributed by atoms with van der Waals surface area (Å²) < 4.78 is 214. The molecule has 0 bridgehead atoms. The van der Waals surface area contributed by atoms with E-state index in [1.54, 1.807) is 30.0 Å². The summed E-state index contributed by atoms with van der Waals surface area (Å²) in [5.74, 6) is -5.20. The van der Waals surface area contributed by atoms with Gasteiger partial charge in [-0.3, -0.25) is 102 Å². The molecule has 22 unspecified atom stereocenters. The van der Waals surface area contributed by atoms with Crippen molar-refractivity contribution < 1.29 is 225 Å². The molecule has 53 nitrogen and oxygen atoms in total. The number of hydrogen-bond acceptors (Lipinski definition) is 41. The second-order valence-electron chi connectivity index (χ2n) is 33.5. The fraction of sp³-hybridized carbons (Fsp3) is 0.667. The smallest absolute Gasteiger partial charge is 0.503 e. The quantitative estimate of drug-likeness (QED) is 0.0100. The zero-order valence-electron chi connectivity index (χ0n) is 76.9. The Balaban J connectivity index is 0.586. The fourth-order valence-electron chi connectivity index (χ4n) is 16.0. The van der Waals surface area contributed by atoms with Gasteiger partial charge in [-0.25, -0.2) is 46.1 Å². The molecule has 1 spiro atoms. The first-order chi connectivity index (χ1) is 67.9. The third-order valence-electron chi connectivity index (χ3n) is 22.9. The number of carbonyl (C=O) groups is 7. The summed E-state index contributed by atoms with van der Waals surface area (Å²) in [5.41, 5.74) is -0.491. The van der Waals surface area contributed by atoms with Crippen LogP contribution >= 0.6 is 74.3 Å². The van der Waals surface area contributed by atoms with E-state index in [4.69, 9.17) is 101 Å². The van der Waals surface area contributed by atoms with Gasteiger partial charge in [0.15, 0.2) is 5.60 Å². The van der Waals surface area contributed by atoms with E-state index >= 15 is 0 Å². The number of amides is 6. The van der Waals surface area contributed by atoms with E-state index in [0.717, 1.165) is 36.8 Å². The van der Waals surface area contributed by atoms with E-state index in [-0.39, 0.29) is 129 Å². The van der Waals surface area contributed by atoms with E-state index in [9.17, 15) is 119 Å². The third kappa shape index (κ3) is 37.6. The van der Waals surface area contributed by atoms with E-state index in [1.807, 2.05) is 0 Å². The highest BCUT2D eigenvalue weighted by molar-refractivity contribution is 8.00. The minimum Gasteiger partial charge on any atom is -0.508 e. The lowest BCUT2D eigenvalue weighted by Gasteiger charge is -2.44. The number of aliphatic hydroxyl groups excluding tert-OH is 2. The van der Waals surface area contributed by atoms with Crippen LogP contribution in [-0.4, -0.2) is 254 Å². The number of phenolic OH excluding ortho intramolecular Hbond substituents is 1. The van der Waals surface area contributed by atoms with Crippen LogP contribution < -0.4 is 31.3 Å².